The van der Waals surface area contributed by atoms with Gasteiger partial charge in [0.2, 0.25) is 15.7 Å². The fourth-order valence-electron chi connectivity index (χ4n) is 3.03. The van der Waals surface area contributed by atoms with E-state index in [1.54, 1.807) is 24.3 Å². The Morgan fingerprint density at radius 3 is 2.28 bits per heavy atom. The molecule has 0 aliphatic heterocycles. The van der Waals surface area contributed by atoms with E-state index in [-0.39, 0.29) is 28.5 Å². The minimum atomic E-state index is -3.94. The standard InChI is InChI=1S/C21H18Br2N2O6S/c1-30-18-5-4-15(11-13(18)10-14-3-6-19(26)25-24-14)32(28,29)21-16(22)7-12(8-17(21)23)9-20(27)31-2/h3-8,11H,9-10H2,1-2H3,(H,25,26). The van der Waals surface area contributed by atoms with Gasteiger partial charge in [-0.3, -0.25) is 4.79 Å². The molecule has 0 bridgehead atoms. The number of hydrogen-bond donors (Lipinski definition) is 1. The van der Waals surface area contributed by atoms with E-state index in [0.717, 1.165) is 0 Å². The Labute approximate surface area is 201 Å². The van der Waals surface area contributed by atoms with Crippen molar-refractivity contribution in [3.8, 4) is 11.6 Å². The Bertz CT molecular complexity index is 1240. The minimum absolute atomic E-state index is 0.00831. The molecule has 0 radical (unpaired) electrons. The van der Waals surface area contributed by atoms with Gasteiger partial charge >= 0.3 is 5.97 Å². The van der Waals surface area contributed by atoms with E-state index >= 15 is 0 Å². The number of esters is 1. The molecule has 0 saturated carbocycles. The Hall–Kier alpha value is -2.50. The van der Waals surface area contributed by atoms with Crippen LogP contribution in [-0.2, 0) is 32.2 Å². The van der Waals surface area contributed by atoms with E-state index in [1.807, 2.05) is 0 Å². The topological polar surface area (TPSA) is 116 Å². The van der Waals surface area contributed by atoms with Crippen molar-refractivity contribution >= 4 is 47.7 Å². The summed E-state index contributed by atoms with van der Waals surface area (Å²) in [6, 6.07) is 10.7. The zero-order chi connectivity index (χ0) is 23.5. The number of aromatic nitrogens is 2. The summed E-state index contributed by atoms with van der Waals surface area (Å²) in [4.78, 5) is 11.7. The summed E-state index contributed by atoms with van der Waals surface area (Å²) < 4.78 is 37.6. The lowest BCUT2D eigenvalue weighted by Crippen LogP contribution is -2.08. The van der Waals surface area contributed by atoms with Crippen LogP contribution in [0.25, 0.3) is 0 Å². The Balaban J connectivity index is 2.03. The molecule has 1 N–H and O–H groups in total. The molecule has 0 spiro atoms. The Kier molecular flexibility index (Phi) is 7.52. The highest BCUT2D eigenvalue weighted by molar-refractivity contribution is 9.11. The molecule has 1 aromatic heterocycles. The number of hydrogen-bond acceptors (Lipinski definition) is 8. The average molecular weight is 586 g/mol. The normalized spacial score (nSPS) is 11.2. The maximum absolute atomic E-state index is 13.5. The van der Waals surface area contributed by atoms with Gasteiger partial charge < -0.3 is 14.6 Å². The maximum Gasteiger partial charge on any atom is 0.309 e. The summed E-state index contributed by atoms with van der Waals surface area (Å²) in [5, 5.41) is 16.8. The van der Waals surface area contributed by atoms with Gasteiger partial charge in [0.25, 0.3) is 0 Å². The first-order valence-electron chi connectivity index (χ1n) is 9.14. The monoisotopic (exact) mass is 584 g/mol. The van der Waals surface area contributed by atoms with Crippen molar-refractivity contribution in [1.82, 2.24) is 10.2 Å². The van der Waals surface area contributed by atoms with Crippen LogP contribution < -0.4 is 4.74 Å². The van der Waals surface area contributed by atoms with Crippen LogP contribution >= 0.6 is 31.9 Å². The zero-order valence-electron chi connectivity index (χ0n) is 17.0. The SMILES string of the molecule is COC(=O)Cc1cc(Br)c(S(=O)(=O)c2ccc(OC)c(Cc3ccc(O)nn3)c2)c(Br)c1. The number of halogens is 2. The van der Waals surface area contributed by atoms with Crippen molar-refractivity contribution in [2.75, 3.05) is 14.2 Å². The van der Waals surface area contributed by atoms with E-state index in [4.69, 9.17) is 4.74 Å². The molecule has 0 fully saturated rings. The smallest absolute Gasteiger partial charge is 0.309 e. The van der Waals surface area contributed by atoms with Gasteiger partial charge in [-0.05, 0) is 73.8 Å². The number of rotatable bonds is 7. The molecular formula is C21H18Br2N2O6S. The fraction of sp³-hybridized carbons (Fsp3) is 0.190. The summed E-state index contributed by atoms with van der Waals surface area (Å²) in [7, 11) is -1.16. The van der Waals surface area contributed by atoms with Gasteiger partial charge in [-0.25, -0.2) is 8.42 Å². The second-order valence-electron chi connectivity index (χ2n) is 6.68. The zero-order valence-corrected chi connectivity index (χ0v) is 21.0. The molecule has 0 aliphatic carbocycles. The lowest BCUT2D eigenvalue weighted by molar-refractivity contribution is -0.139. The van der Waals surface area contributed by atoms with Crippen LogP contribution in [0.4, 0.5) is 0 Å². The van der Waals surface area contributed by atoms with Crippen LogP contribution in [0.2, 0.25) is 0 Å². The van der Waals surface area contributed by atoms with Crippen LogP contribution in [0.1, 0.15) is 16.8 Å². The number of methoxy groups -OCH3 is 2. The molecule has 168 valence electrons. The number of aromatic hydroxyl groups is 1. The van der Waals surface area contributed by atoms with Crippen molar-refractivity contribution in [1.29, 1.82) is 0 Å². The molecular weight excluding hydrogens is 568 g/mol. The summed E-state index contributed by atoms with van der Waals surface area (Å²) in [6.45, 7) is 0. The summed E-state index contributed by atoms with van der Waals surface area (Å²) in [6.07, 6.45) is 0.259. The number of nitrogens with zero attached hydrogens (tertiary/aromatic N) is 2. The van der Waals surface area contributed by atoms with Crippen molar-refractivity contribution in [3.63, 3.8) is 0 Å². The molecule has 3 rings (SSSR count). The van der Waals surface area contributed by atoms with Gasteiger partial charge in [-0.1, -0.05) is 0 Å². The molecule has 11 heteroatoms. The average Bonchev–Trinajstić information content (AvgIpc) is 2.74. The van der Waals surface area contributed by atoms with Crippen molar-refractivity contribution < 1.29 is 27.8 Å². The molecule has 0 unspecified atom stereocenters. The summed E-state index contributed by atoms with van der Waals surface area (Å²) in [5.41, 5.74) is 1.71. The first kappa shape index (κ1) is 24.1. The summed E-state index contributed by atoms with van der Waals surface area (Å²) in [5.74, 6) is -0.149. The summed E-state index contributed by atoms with van der Waals surface area (Å²) >= 11 is 6.64. The third-order valence-electron chi connectivity index (χ3n) is 4.54. The van der Waals surface area contributed by atoms with Gasteiger partial charge in [0.05, 0.1) is 31.2 Å². The predicted octanol–water partition coefficient (Wildman–Crippen LogP) is 3.85. The van der Waals surface area contributed by atoms with Crippen LogP contribution in [0.5, 0.6) is 11.6 Å². The third-order valence-corrected chi connectivity index (χ3v) is 8.17. The number of benzene rings is 2. The van der Waals surface area contributed by atoms with Gasteiger partial charge in [0.1, 0.15) is 10.6 Å². The van der Waals surface area contributed by atoms with Gasteiger partial charge in [-0.15, -0.1) is 5.10 Å². The van der Waals surface area contributed by atoms with Crippen molar-refractivity contribution in [2.45, 2.75) is 22.6 Å². The van der Waals surface area contributed by atoms with Crippen LogP contribution in [0, 0.1) is 0 Å². The lowest BCUT2D eigenvalue weighted by Gasteiger charge is -2.14. The Morgan fingerprint density at radius 1 is 1.03 bits per heavy atom. The first-order valence-corrected chi connectivity index (χ1v) is 12.2. The first-order chi connectivity index (χ1) is 15.1. The van der Waals surface area contributed by atoms with E-state index in [1.165, 1.54) is 32.4 Å². The number of carbonyl (C=O) groups excluding carboxylic acids is 1. The molecule has 32 heavy (non-hydrogen) atoms. The minimum Gasteiger partial charge on any atom is -0.496 e. The predicted molar refractivity (Wildman–Crippen MR) is 123 cm³/mol. The van der Waals surface area contributed by atoms with Crippen LogP contribution in [0.15, 0.2) is 61.2 Å². The van der Waals surface area contributed by atoms with Crippen molar-refractivity contribution in [2.24, 2.45) is 0 Å². The van der Waals surface area contributed by atoms with Crippen LogP contribution in [-0.4, -0.2) is 43.9 Å². The lowest BCUT2D eigenvalue weighted by atomic mass is 10.1. The number of carbonyl (C=O) groups is 1. The van der Waals surface area contributed by atoms with E-state index in [2.05, 4.69) is 46.8 Å². The number of sulfone groups is 1. The molecule has 1 heterocycles. The van der Waals surface area contributed by atoms with Gasteiger partial charge in [-0.2, -0.15) is 5.10 Å². The van der Waals surface area contributed by atoms with Crippen molar-refractivity contribution in [3.05, 3.63) is 68.2 Å². The molecule has 0 saturated heterocycles. The van der Waals surface area contributed by atoms with E-state index in [0.29, 0.717) is 31.5 Å². The highest BCUT2D eigenvalue weighted by Crippen LogP contribution is 2.37. The highest BCUT2D eigenvalue weighted by Gasteiger charge is 2.26. The van der Waals surface area contributed by atoms with E-state index < -0.39 is 15.8 Å². The quantitative estimate of drug-likeness (QED) is 0.416. The second-order valence-corrected chi connectivity index (χ2v) is 10.3. The van der Waals surface area contributed by atoms with Gasteiger partial charge in [0.15, 0.2) is 0 Å². The highest BCUT2D eigenvalue weighted by atomic mass is 79.9. The van der Waals surface area contributed by atoms with Gasteiger partial charge in [0, 0.05) is 27.0 Å². The molecule has 2 aromatic carbocycles. The second kappa shape index (κ2) is 9.97. The molecule has 8 nitrogen and oxygen atoms in total. The molecule has 0 aliphatic rings. The number of ether oxygens (including phenoxy) is 2. The molecule has 0 amide bonds. The Morgan fingerprint density at radius 2 is 1.72 bits per heavy atom. The molecule has 3 aromatic rings. The third kappa shape index (κ3) is 5.28. The van der Waals surface area contributed by atoms with Crippen LogP contribution in [0.3, 0.4) is 0 Å². The van der Waals surface area contributed by atoms with E-state index in [9.17, 15) is 18.3 Å². The maximum atomic E-state index is 13.5. The largest absolute Gasteiger partial charge is 0.496 e. The fourth-order valence-corrected chi connectivity index (χ4v) is 7.00. The molecule has 0 atom stereocenters.